The van der Waals surface area contributed by atoms with Gasteiger partial charge in [0.2, 0.25) is 5.91 Å². The first-order valence-electron chi connectivity index (χ1n) is 5.14. The first kappa shape index (κ1) is 11.6. The molecular formula is C10H14BrN3O2. The SMILES string of the molecule is Cc1nn(CC(=O)N2CC(O)C2)c(C)c1Br. The third-order valence-electron chi connectivity index (χ3n) is 2.79. The van der Waals surface area contributed by atoms with Gasteiger partial charge in [-0.1, -0.05) is 0 Å². The lowest BCUT2D eigenvalue weighted by molar-refractivity contribution is -0.142. The molecule has 16 heavy (non-hydrogen) atoms. The molecule has 1 saturated heterocycles. The molecule has 0 saturated carbocycles. The molecule has 0 radical (unpaired) electrons. The van der Waals surface area contributed by atoms with Gasteiger partial charge >= 0.3 is 0 Å². The number of rotatable bonds is 2. The fraction of sp³-hybridized carbons (Fsp3) is 0.600. The van der Waals surface area contributed by atoms with Gasteiger partial charge < -0.3 is 10.0 Å². The number of likely N-dealkylation sites (tertiary alicyclic amines) is 1. The van der Waals surface area contributed by atoms with E-state index in [0.717, 1.165) is 15.9 Å². The molecule has 0 atom stereocenters. The van der Waals surface area contributed by atoms with Crippen LogP contribution in [0.2, 0.25) is 0 Å². The second-order valence-electron chi connectivity index (χ2n) is 4.09. The van der Waals surface area contributed by atoms with Crippen LogP contribution >= 0.6 is 15.9 Å². The van der Waals surface area contributed by atoms with Gasteiger partial charge in [0, 0.05) is 13.1 Å². The molecule has 1 aromatic rings. The largest absolute Gasteiger partial charge is 0.389 e. The minimum atomic E-state index is -0.351. The minimum Gasteiger partial charge on any atom is -0.389 e. The molecule has 0 aromatic carbocycles. The zero-order valence-electron chi connectivity index (χ0n) is 9.27. The van der Waals surface area contributed by atoms with E-state index in [1.54, 1.807) is 9.58 Å². The number of aromatic nitrogens is 2. The monoisotopic (exact) mass is 287 g/mol. The van der Waals surface area contributed by atoms with Gasteiger partial charge in [-0.05, 0) is 29.8 Å². The van der Waals surface area contributed by atoms with Crippen molar-refractivity contribution in [3.8, 4) is 0 Å². The van der Waals surface area contributed by atoms with Crippen LogP contribution in [0.15, 0.2) is 4.47 Å². The van der Waals surface area contributed by atoms with Crippen LogP contribution < -0.4 is 0 Å². The maximum atomic E-state index is 11.8. The molecule has 2 rings (SSSR count). The number of halogens is 1. The van der Waals surface area contributed by atoms with E-state index in [1.807, 2.05) is 13.8 Å². The average Bonchev–Trinajstić information content (AvgIpc) is 2.41. The number of amides is 1. The zero-order chi connectivity index (χ0) is 11.9. The average molecular weight is 288 g/mol. The van der Waals surface area contributed by atoms with Crippen molar-refractivity contribution in [2.24, 2.45) is 0 Å². The summed E-state index contributed by atoms with van der Waals surface area (Å²) in [6.45, 7) is 4.94. The molecule has 1 aromatic heterocycles. The van der Waals surface area contributed by atoms with Crippen molar-refractivity contribution in [3.63, 3.8) is 0 Å². The maximum absolute atomic E-state index is 11.8. The standard InChI is InChI=1S/C10H14BrN3O2/c1-6-10(11)7(2)14(12-6)5-9(16)13-3-8(15)4-13/h8,15H,3-5H2,1-2H3. The van der Waals surface area contributed by atoms with Crippen molar-refractivity contribution >= 4 is 21.8 Å². The molecule has 0 unspecified atom stereocenters. The van der Waals surface area contributed by atoms with Crippen molar-refractivity contribution in [1.29, 1.82) is 0 Å². The van der Waals surface area contributed by atoms with Crippen molar-refractivity contribution in [2.45, 2.75) is 26.5 Å². The first-order valence-corrected chi connectivity index (χ1v) is 5.93. The number of carbonyl (C=O) groups is 1. The number of carbonyl (C=O) groups excluding carboxylic acids is 1. The molecule has 0 bridgehead atoms. The summed E-state index contributed by atoms with van der Waals surface area (Å²) < 4.78 is 2.64. The van der Waals surface area contributed by atoms with Gasteiger partial charge in [-0.3, -0.25) is 9.48 Å². The Hall–Kier alpha value is -0.880. The molecule has 0 aliphatic carbocycles. The molecule has 5 nitrogen and oxygen atoms in total. The lowest BCUT2D eigenvalue weighted by Gasteiger charge is -2.35. The lowest BCUT2D eigenvalue weighted by Crippen LogP contribution is -2.54. The van der Waals surface area contributed by atoms with Gasteiger partial charge in [-0.15, -0.1) is 0 Å². The van der Waals surface area contributed by atoms with Crippen molar-refractivity contribution < 1.29 is 9.90 Å². The Balaban J connectivity index is 2.04. The Morgan fingerprint density at radius 2 is 2.19 bits per heavy atom. The Labute approximate surface area is 102 Å². The molecule has 2 heterocycles. The van der Waals surface area contributed by atoms with Crippen LogP contribution in [0, 0.1) is 13.8 Å². The maximum Gasteiger partial charge on any atom is 0.244 e. The van der Waals surface area contributed by atoms with Gasteiger partial charge in [0.15, 0.2) is 0 Å². The number of aliphatic hydroxyl groups excluding tert-OH is 1. The molecule has 0 spiro atoms. The van der Waals surface area contributed by atoms with Crippen LogP contribution in [-0.2, 0) is 11.3 Å². The quantitative estimate of drug-likeness (QED) is 0.860. The molecule has 1 amide bonds. The van der Waals surface area contributed by atoms with Gasteiger partial charge in [0.1, 0.15) is 6.54 Å². The Morgan fingerprint density at radius 1 is 1.56 bits per heavy atom. The minimum absolute atomic E-state index is 0.00315. The van der Waals surface area contributed by atoms with Crippen LogP contribution in [0.3, 0.4) is 0 Å². The number of hydrogen-bond acceptors (Lipinski definition) is 3. The third kappa shape index (κ3) is 1.99. The summed E-state index contributed by atoms with van der Waals surface area (Å²) in [6.07, 6.45) is -0.351. The van der Waals surface area contributed by atoms with E-state index in [9.17, 15) is 4.79 Å². The van der Waals surface area contributed by atoms with Crippen LogP contribution in [0.1, 0.15) is 11.4 Å². The molecule has 1 aliphatic rings. The smallest absolute Gasteiger partial charge is 0.244 e. The normalized spacial score (nSPS) is 16.4. The van der Waals surface area contributed by atoms with E-state index in [0.29, 0.717) is 13.1 Å². The van der Waals surface area contributed by atoms with Gasteiger partial charge in [-0.25, -0.2) is 0 Å². The van der Waals surface area contributed by atoms with Gasteiger partial charge in [0.25, 0.3) is 0 Å². The number of hydrogen-bond donors (Lipinski definition) is 1. The van der Waals surface area contributed by atoms with E-state index >= 15 is 0 Å². The number of β-amino-alcohol motifs (C(OH)–C–C–N with tert-alkyl or cyclic N) is 1. The fourth-order valence-electron chi connectivity index (χ4n) is 1.72. The number of aliphatic hydroxyl groups is 1. The predicted octanol–water partition coefficient (Wildman–Crippen LogP) is 0.466. The molecule has 1 N–H and O–H groups in total. The van der Waals surface area contributed by atoms with E-state index in [1.165, 1.54) is 0 Å². The summed E-state index contributed by atoms with van der Waals surface area (Å²) in [5, 5.41) is 13.4. The van der Waals surface area contributed by atoms with E-state index < -0.39 is 0 Å². The molecule has 1 fully saturated rings. The van der Waals surface area contributed by atoms with Crippen molar-refractivity contribution in [2.75, 3.05) is 13.1 Å². The highest BCUT2D eigenvalue weighted by atomic mass is 79.9. The first-order chi connectivity index (χ1) is 7.49. The Bertz CT molecular complexity index is 424. The van der Waals surface area contributed by atoms with Crippen LogP contribution in [-0.4, -0.2) is 44.9 Å². The van der Waals surface area contributed by atoms with Crippen molar-refractivity contribution in [1.82, 2.24) is 14.7 Å². The molecule has 6 heteroatoms. The predicted molar refractivity (Wildman–Crippen MR) is 62.0 cm³/mol. The summed E-state index contributed by atoms with van der Waals surface area (Å²) >= 11 is 3.42. The Kier molecular flexibility index (Phi) is 3.03. The van der Waals surface area contributed by atoms with E-state index in [-0.39, 0.29) is 18.6 Å². The lowest BCUT2D eigenvalue weighted by atomic mass is 10.2. The molecule has 1 aliphatic heterocycles. The topological polar surface area (TPSA) is 58.4 Å². The number of nitrogens with zero attached hydrogens (tertiary/aromatic N) is 3. The van der Waals surface area contributed by atoms with E-state index in [4.69, 9.17) is 5.11 Å². The van der Waals surface area contributed by atoms with Gasteiger partial charge in [0.05, 0.1) is 22.0 Å². The Morgan fingerprint density at radius 3 is 2.62 bits per heavy atom. The van der Waals surface area contributed by atoms with Crippen LogP contribution in [0.5, 0.6) is 0 Å². The van der Waals surface area contributed by atoms with Crippen LogP contribution in [0.25, 0.3) is 0 Å². The summed E-state index contributed by atoms with van der Waals surface area (Å²) in [7, 11) is 0. The van der Waals surface area contributed by atoms with E-state index in [2.05, 4.69) is 21.0 Å². The highest BCUT2D eigenvalue weighted by Gasteiger charge is 2.29. The highest BCUT2D eigenvalue weighted by Crippen LogP contribution is 2.20. The molecule has 88 valence electrons. The summed E-state index contributed by atoms with van der Waals surface area (Å²) in [4.78, 5) is 13.4. The van der Waals surface area contributed by atoms with Crippen LogP contribution in [0.4, 0.5) is 0 Å². The number of aryl methyl sites for hydroxylation is 1. The molecular weight excluding hydrogens is 274 g/mol. The third-order valence-corrected chi connectivity index (χ3v) is 3.94. The summed E-state index contributed by atoms with van der Waals surface area (Å²) in [6, 6.07) is 0. The summed E-state index contributed by atoms with van der Waals surface area (Å²) in [5.74, 6) is 0.00315. The second-order valence-corrected chi connectivity index (χ2v) is 4.89. The summed E-state index contributed by atoms with van der Waals surface area (Å²) in [5.41, 5.74) is 1.83. The highest BCUT2D eigenvalue weighted by molar-refractivity contribution is 9.10. The van der Waals surface area contributed by atoms with Gasteiger partial charge in [-0.2, -0.15) is 5.10 Å². The fourth-order valence-corrected chi connectivity index (χ4v) is 2.00. The van der Waals surface area contributed by atoms with Crippen molar-refractivity contribution in [3.05, 3.63) is 15.9 Å². The second kappa shape index (κ2) is 4.18. The zero-order valence-corrected chi connectivity index (χ0v) is 10.9.